The molecule has 1 aliphatic rings. The number of halogens is 17. The largest absolute Gasteiger partial charge is 0.413 e. The summed E-state index contributed by atoms with van der Waals surface area (Å²) in [6.07, 6.45) is -0.449. The molecule has 19 heteroatoms. The van der Waals surface area contributed by atoms with Gasteiger partial charge >= 0.3 is 47.0 Å². The second-order valence-corrected chi connectivity index (χ2v) is 10.6. The first-order valence-corrected chi connectivity index (χ1v) is 10.8. The predicted octanol–water partition coefficient (Wildman–Crippen LogP) is 6.89. The molecule has 1 aliphatic heterocycles. The van der Waals surface area contributed by atoms with Gasteiger partial charge in [-0.25, -0.2) is 13.2 Å². The Bertz CT molecular complexity index is 736. The first-order chi connectivity index (χ1) is 14.6. The summed E-state index contributed by atoms with van der Waals surface area (Å²) in [6, 6.07) is -1.08. The minimum atomic E-state index is -8.55. The quantitative estimate of drug-likeness (QED) is 0.220. The lowest BCUT2D eigenvalue weighted by atomic mass is 9.85. The Morgan fingerprint density at radius 3 is 1.09 bits per heavy atom. The monoisotopic (exact) mass is 562 g/mol. The van der Waals surface area contributed by atoms with Crippen LogP contribution in [0.5, 0.6) is 0 Å². The maximum Gasteiger partial charge on any atom is 0.385 e. The van der Waals surface area contributed by atoms with Gasteiger partial charge in [-0.1, -0.05) is 6.42 Å². The highest BCUT2D eigenvalue weighted by Crippen LogP contribution is 2.65. The van der Waals surface area contributed by atoms with E-state index in [1.165, 1.54) is 0 Å². The Hall–Kier alpha value is -1.01. The van der Waals surface area contributed by atoms with E-state index >= 15 is 0 Å². The first-order valence-electron chi connectivity index (χ1n) is 8.93. The second-order valence-electron chi connectivity index (χ2n) is 7.97. The Morgan fingerprint density at radius 1 is 0.471 bits per heavy atom. The van der Waals surface area contributed by atoms with Gasteiger partial charge in [0.05, 0.1) is 0 Å². The van der Waals surface area contributed by atoms with Crippen LogP contribution < -0.4 is 0 Å². The lowest BCUT2D eigenvalue weighted by Crippen LogP contribution is -2.77. The summed E-state index contributed by atoms with van der Waals surface area (Å²) < 4.78 is 237. The fourth-order valence-electron chi connectivity index (χ4n) is 2.80. The van der Waals surface area contributed by atoms with E-state index in [1.807, 2.05) is 0 Å². The van der Waals surface area contributed by atoms with Crippen molar-refractivity contribution in [1.82, 2.24) is 0 Å². The maximum absolute atomic E-state index is 14.0. The van der Waals surface area contributed by atoms with Crippen molar-refractivity contribution in [2.45, 2.75) is 85.4 Å². The summed E-state index contributed by atoms with van der Waals surface area (Å²) in [7, 11) is -4.96. The molecule has 1 atom stereocenters. The van der Waals surface area contributed by atoms with Crippen LogP contribution in [0.4, 0.5) is 74.6 Å². The average Bonchev–Trinajstić information content (AvgIpc) is 2.66. The predicted molar refractivity (Wildman–Crippen MR) is 81.9 cm³/mol. The topological polar surface area (TPSA) is 9.23 Å². The summed E-state index contributed by atoms with van der Waals surface area (Å²) in [6.45, 7) is -1.96. The van der Waals surface area contributed by atoms with E-state index in [0.29, 0.717) is 0 Å². The molecule has 1 nitrogen and oxygen atoms in total. The minimum Gasteiger partial charge on any atom is -0.413 e. The Balaban J connectivity index is 3.65. The number of hydrogen-bond donors (Lipinski definition) is 0. The smallest absolute Gasteiger partial charge is 0.385 e. The first kappa shape index (κ1) is 31.0. The fourth-order valence-corrected chi connectivity index (χ4v) is 5.23. The molecule has 1 rings (SSSR count). The van der Waals surface area contributed by atoms with Crippen LogP contribution in [0.15, 0.2) is 0 Å². The van der Waals surface area contributed by atoms with Crippen molar-refractivity contribution in [2.75, 3.05) is 6.61 Å². The number of alkyl halides is 17. The molecular weight excluding hydrogens is 547 g/mol. The van der Waals surface area contributed by atoms with E-state index in [9.17, 15) is 74.6 Å². The van der Waals surface area contributed by atoms with E-state index in [-0.39, 0.29) is 12.8 Å². The Morgan fingerprint density at radius 2 is 0.794 bits per heavy atom. The van der Waals surface area contributed by atoms with Gasteiger partial charge in [0.2, 0.25) is 0 Å². The zero-order valence-electron chi connectivity index (χ0n) is 16.7. The van der Waals surface area contributed by atoms with Crippen LogP contribution in [-0.2, 0) is 4.43 Å². The van der Waals surface area contributed by atoms with Crippen LogP contribution >= 0.6 is 0 Å². The van der Waals surface area contributed by atoms with Crippen LogP contribution in [-0.4, -0.2) is 68.3 Å². The highest BCUT2D eigenvalue weighted by molar-refractivity contribution is 6.55. The molecule has 1 heterocycles. The zero-order valence-corrected chi connectivity index (χ0v) is 17.9. The van der Waals surface area contributed by atoms with Crippen molar-refractivity contribution in [3.63, 3.8) is 0 Å². The van der Waals surface area contributed by atoms with Crippen molar-refractivity contribution in [2.24, 2.45) is 0 Å². The molecule has 0 spiro atoms. The van der Waals surface area contributed by atoms with Crippen molar-refractivity contribution in [1.29, 1.82) is 0 Å². The van der Waals surface area contributed by atoms with Crippen LogP contribution in [0, 0.1) is 0 Å². The van der Waals surface area contributed by atoms with E-state index in [2.05, 4.69) is 4.43 Å². The molecule has 34 heavy (non-hydrogen) atoms. The van der Waals surface area contributed by atoms with Gasteiger partial charge in [-0.3, -0.25) is 0 Å². The standard InChI is InChI=1S/C15H15F17OSi/c1-7(2,16)8(17,18)9(19,20)10(21,22)11(23,24)12(25,26)13(27,28)14(29,30)15(31,32)34-6-4-3-5-33-34/h34H,3-6H2,1-2H3. The summed E-state index contributed by atoms with van der Waals surface area (Å²) >= 11 is 0. The lowest BCUT2D eigenvalue weighted by molar-refractivity contribution is -0.454. The lowest BCUT2D eigenvalue weighted by Gasteiger charge is -2.45. The molecule has 1 fully saturated rings. The van der Waals surface area contributed by atoms with E-state index in [0.717, 1.165) is 0 Å². The fraction of sp³-hybridized carbons (Fsp3) is 1.00. The van der Waals surface area contributed by atoms with E-state index in [4.69, 9.17) is 0 Å². The number of rotatable bonds is 9. The molecule has 0 amide bonds. The normalized spacial score (nSPS) is 21.1. The maximum atomic E-state index is 14.0. The van der Waals surface area contributed by atoms with Crippen molar-refractivity contribution < 1.29 is 79.1 Å². The van der Waals surface area contributed by atoms with Crippen molar-refractivity contribution >= 4 is 9.04 Å². The van der Waals surface area contributed by atoms with Gasteiger partial charge in [0.1, 0.15) is 0 Å². The van der Waals surface area contributed by atoms with Crippen molar-refractivity contribution in [3.05, 3.63) is 0 Å². The molecule has 0 radical (unpaired) electrons. The molecule has 0 saturated carbocycles. The van der Waals surface area contributed by atoms with Crippen LogP contribution in [0.25, 0.3) is 0 Å². The molecule has 0 aromatic rings. The van der Waals surface area contributed by atoms with E-state index in [1.54, 1.807) is 0 Å². The molecule has 0 N–H and O–H groups in total. The molecule has 0 aromatic carbocycles. The molecule has 0 aromatic heterocycles. The summed E-state index contributed by atoms with van der Waals surface area (Å²) in [5.74, 6) is -56.1. The summed E-state index contributed by atoms with van der Waals surface area (Å²) in [5.41, 5.74) is -11.2. The highest BCUT2D eigenvalue weighted by atomic mass is 28.3. The van der Waals surface area contributed by atoms with Gasteiger partial charge < -0.3 is 4.43 Å². The SMILES string of the molecule is CC(C)(F)C(F)(F)C(F)(F)C(F)(F)C(F)(F)C(F)(F)C(F)(F)C(F)(F)C(F)(F)[SiH]1CCCCO1. The van der Waals surface area contributed by atoms with Crippen LogP contribution in [0.2, 0.25) is 6.04 Å². The third-order valence-corrected chi connectivity index (χ3v) is 7.86. The molecule has 1 saturated heterocycles. The zero-order chi connectivity index (χ0) is 27.6. The highest BCUT2D eigenvalue weighted by Gasteiger charge is 2.95. The average molecular weight is 562 g/mol. The molecular formula is C15H15F17OSi. The molecule has 1 unspecified atom stereocenters. The summed E-state index contributed by atoms with van der Waals surface area (Å²) in [4.78, 5) is 0. The molecule has 204 valence electrons. The number of hydrogen-bond acceptors (Lipinski definition) is 1. The van der Waals surface area contributed by atoms with Gasteiger partial charge in [-0.05, 0) is 26.3 Å². The minimum absolute atomic E-state index is 0.0732. The molecule has 0 bridgehead atoms. The van der Waals surface area contributed by atoms with E-state index < -0.39 is 88.2 Å². The van der Waals surface area contributed by atoms with Gasteiger partial charge in [0.25, 0.3) is 9.04 Å². The third-order valence-electron chi connectivity index (χ3n) is 5.12. The van der Waals surface area contributed by atoms with Gasteiger partial charge in [-0.15, -0.1) is 0 Å². The third kappa shape index (κ3) is 3.86. The Labute approximate surface area is 181 Å². The van der Waals surface area contributed by atoms with Crippen LogP contribution in [0.1, 0.15) is 26.7 Å². The van der Waals surface area contributed by atoms with Gasteiger partial charge in [0, 0.05) is 6.61 Å². The Kier molecular flexibility index (Phi) is 7.53. The second kappa shape index (κ2) is 8.26. The van der Waals surface area contributed by atoms with Crippen molar-refractivity contribution in [3.8, 4) is 0 Å². The van der Waals surface area contributed by atoms with Gasteiger partial charge in [0.15, 0.2) is 5.67 Å². The molecule has 0 aliphatic carbocycles. The van der Waals surface area contributed by atoms with Gasteiger partial charge in [-0.2, -0.15) is 61.5 Å². The van der Waals surface area contributed by atoms with Crippen LogP contribution in [0.3, 0.4) is 0 Å². The summed E-state index contributed by atoms with van der Waals surface area (Å²) in [5, 5.41) is 0.